The first-order valence-electron chi connectivity index (χ1n) is 4.91. The molecular formula is C9H12ClN3O4S. The third kappa shape index (κ3) is 2.96. The molecule has 7 nitrogen and oxygen atoms in total. The van der Waals surface area contributed by atoms with Crippen LogP contribution in [0.5, 0.6) is 0 Å². The van der Waals surface area contributed by atoms with Gasteiger partial charge in [-0.2, -0.15) is 4.31 Å². The van der Waals surface area contributed by atoms with E-state index in [-0.39, 0.29) is 28.7 Å². The summed E-state index contributed by atoms with van der Waals surface area (Å²) in [7, 11) is -2.54. The maximum absolute atomic E-state index is 12.1. The second-order valence-electron chi connectivity index (χ2n) is 3.49. The van der Waals surface area contributed by atoms with E-state index < -0.39 is 14.9 Å². The average Bonchev–Trinajstić information content (AvgIpc) is 2.29. The quantitative estimate of drug-likeness (QED) is 0.639. The molecule has 1 aromatic rings. The van der Waals surface area contributed by atoms with Gasteiger partial charge in [0.25, 0.3) is 5.69 Å². The molecule has 0 heterocycles. The summed E-state index contributed by atoms with van der Waals surface area (Å²) >= 11 is 5.77. The predicted octanol–water partition coefficient (Wildman–Crippen LogP) is 0.827. The lowest BCUT2D eigenvalue weighted by molar-refractivity contribution is -0.385. The molecule has 0 amide bonds. The summed E-state index contributed by atoms with van der Waals surface area (Å²) in [5.41, 5.74) is 4.94. The molecular weight excluding hydrogens is 282 g/mol. The summed E-state index contributed by atoms with van der Waals surface area (Å²) in [5, 5.41) is 10.6. The van der Waals surface area contributed by atoms with Crippen LogP contribution in [-0.4, -0.2) is 37.8 Å². The van der Waals surface area contributed by atoms with Crippen LogP contribution in [0.1, 0.15) is 0 Å². The van der Waals surface area contributed by atoms with Crippen molar-refractivity contribution in [1.82, 2.24) is 4.31 Å². The van der Waals surface area contributed by atoms with Gasteiger partial charge in [-0.05, 0) is 6.07 Å². The Morgan fingerprint density at radius 3 is 2.61 bits per heavy atom. The van der Waals surface area contributed by atoms with Gasteiger partial charge in [0.15, 0.2) is 0 Å². The van der Waals surface area contributed by atoms with Crippen molar-refractivity contribution in [3.8, 4) is 0 Å². The summed E-state index contributed by atoms with van der Waals surface area (Å²) in [6, 6.07) is 3.26. The maximum atomic E-state index is 12.1. The highest BCUT2D eigenvalue weighted by Crippen LogP contribution is 2.27. The maximum Gasteiger partial charge on any atom is 0.270 e. The molecule has 1 rings (SSSR count). The Hall–Kier alpha value is -1.22. The van der Waals surface area contributed by atoms with E-state index >= 15 is 0 Å². The van der Waals surface area contributed by atoms with E-state index in [0.717, 1.165) is 16.4 Å². The Bertz CT molecular complexity index is 561. The van der Waals surface area contributed by atoms with E-state index in [1.807, 2.05) is 0 Å². The molecule has 0 radical (unpaired) electrons. The van der Waals surface area contributed by atoms with Crippen molar-refractivity contribution >= 4 is 27.3 Å². The SMILES string of the molecule is CN(CCN)S(=O)(=O)c1cc([N+](=O)[O-])ccc1Cl. The molecule has 0 aliphatic heterocycles. The van der Waals surface area contributed by atoms with Crippen molar-refractivity contribution in [3.05, 3.63) is 33.3 Å². The van der Waals surface area contributed by atoms with Crippen LogP contribution in [-0.2, 0) is 10.0 Å². The zero-order valence-electron chi connectivity index (χ0n) is 9.54. The smallest absolute Gasteiger partial charge is 0.270 e. The standard InChI is InChI=1S/C9H12ClN3O4S/c1-12(5-4-11)18(16,17)9-6-7(13(14)15)2-3-8(9)10/h2-3,6H,4-5,11H2,1H3. The number of benzene rings is 1. The number of sulfonamides is 1. The zero-order valence-corrected chi connectivity index (χ0v) is 11.1. The molecule has 2 N–H and O–H groups in total. The van der Waals surface area contributed by atoms with Gasteiger partial charge in [-0.25, -0.2) is 8.42 Å². The molecule has 0 aromatic heterocycles. The van der Waals surface area contributed by atoms with Crippen LogP contribution < -0.4 is 5.73 Å². The van der Waals surface area contributed by atoms with Crippen molar-refractivity contribution in [2.75, 3.05) is 20.1 Å². The van der Waals surface area contributed by atoms with Crippen molar-refractivity contribution in [2.24, 2.45) is 5.73 Å². The number of nitrogens with zero attached hydrogens (tertiary/aromatic N) is 2. The first-order chi connectivity index (χ1) is 8.30. The lowest BCUT2D eigenvalue weighted by atomic mass is 10.3. The van der Waals surface area contributed by atoms with Crippen molar-refractivity contribution < 1.29 is 13.3 Å². The number of nitrogens with two attached hydrogens (primary N) is 1. The van der Waals surface area contributed by atoms with E-state index in [4.69, 9.17) is 17.3 Å². The zero-order chi connectivity index (χ0) is 13.9. The van der Waals surface area contributed by atoms with Crippen LogP contribution in [0, 0.1) is 10.1 Å². The normalized spacial score (nSPS) is 11.8. The van der Waals surface area contributed by atoms with Gasteiger partial charge in [0.05, 0.1) is 9.95 Å². The second kappa shape index (κ2) is 5.61. The minimum atomic E-state index is -3.87. The van der Waals surface area contributed by atoms with Gasteiger partial charge in [0.2, 0.25) is 10.0 Å². The van der Waals surface area contributed by atoms with Crippen LogP contribution in [0.3, 0.4) is 0 Å². The fourth-order valence-electron chi connectivity index (χ4n) is 1.27. The van der Waals surface area contributed by atoms with E-state index in [2.05, 4.69) is 0 Å². The van der Waals surface area contributed by atoms with Gasteiger partial charge in [0, 0.05) is 32.3 Å². The lowest BCUT2D eigenvalue weighted by Crippen LogP contribution is -2.32. The second-order valence-corrected chi connectivity index (χ2v) is 5.91. The average molecular weight is 294 g/mol. The number of hydrogen-bond acceptors (Lipinski definition) is 5. The molecule has 9 heteroatoms. The van der Waals surface area contributed by atoms with Crippen molar-refractivity contribution in [1.29, 1.82) is 0 Å². The number of non-ortho nitro benzene ring substituents is 1. The number of halogens is 1. The molecule has 1 aromatic carbocycles. The van der Waals surface area contributed by atoms with E-state index in [1.165, 1.54) is 13.1 Å². The number of hydrogen-bond donors (Lipinski definition) is 1. The minimum Gasteiger partial charge on any atom is -0.329 e. The summed E-state index contributed by atoms with van der Waals surface area (Å²) in [4.78, 5) is 9.64. The van der Waals surface area contributed by atoms with E-state index in [1.54, 1.807) is 0 Å². The molecule has 0 aliphatic rings. The molecule has 0 atom stereocenters. The van der Waals surface area contributed by atoms with Gasteiger partial charge >= 0.3 is 0 Å². The fourth-order valence-corrected chi connectivity index (χ4v) is 2.95. The molecule has 0 saturated carbocycles. The lowest BCUT2D eigenvalue weighted by Gasteiger charge is -2.16. The molecule has 0 bridgehead atoms. The topological polar surface area (TPSA) is 107 Å². The van der Waals surface area contributed by atoms with E-state index in [9.17, 15) is 18.5 Å². The Morgan fingerprint density at radius 2 is 2.11 bits per heavy atom. The molecule has 18 heavy (non-hydrogen) atoms. The number of likely N-dealkylation sites (N-methyl/N-ethyl adjacent to an activating group) is 1. The fraction of sp³-hybridized carbons (Fsp3) is 0.333. The molecule has 0 unspecified atom stereocenters. The van der Waals surface area contributed by atoms with Gasteiger partial charge < -0.3 is 5.73 Å². The largest absolute Gasteiger partial charge is 0.329 e. The van der Waals surface area contributed by atoms with E-state index in [0.29, 0.717) is 0 Å². The molecule has 0 aliphatic carbocycles. The third-order valence-corrected chi connectivity index (χ3v) is 4.60. The van der Waals surface area contributed by atoms with Crippen LogP contribution in [0.15, 0.2) is 23.1 Å². The number of nitro benzene ring substituents is 1. The molecule has 0 spiro atoms. The summed E-state index contributed by atoms with van der Waals surface area (Å²) in [6.45, 7) is 0.240. The van der Waals surface area contributed by atoms with Gasteiger partial charge in [-0.3, -0.25) is 10.1 Å². The highest BCUT2D eigenvalue weighted by molar-refractivity contribution is 7.89. The minimum absolute atomic E-state index is 0.0653. The highest BCUT2D eigenvalue weighted by Gasteiger charge is 2.25. The third-order valence-electron chi connectivity index (χ3n) is 2.26. The van der Waals surface area contributed by atoms with Crippen LogP contribution in [0.4, 0.5) is 5.69 Å². The van der Waals surface area contributed by atoms with Crippen molar-refractivity contribution in [3.63, 3.8) is 0 Å². The summed E-state index contributed by atoms with van der Waals surface area (Å²) in [5.74, 6) is 0. The summed E-state index contributed by atoms with van der Waals surface area (Å²) < 4.78 is 25.2. The van der Waals surface area contributed by atoms with Gasteiger partial charge in [-0.15, -0.1) is 0 Å². The van der Waals surface area contributed by atoms with Gasteiger partial charge in [-0.1, -0.05) is 11.6 Å². The van der Waals surface area contributed by atoms with Crippen LogP contribution in [0.25, 0.3) is 0 Å². The highest BCUT2D eigenvalue weighted by atomic mass is 35.5. The predicted molar refractivity (Wildman–Crippen MR) is 67.0 cm³/mol. The molecule has 100 valence electrons. The monoisotopic (exact) mass is 293 g/mol. The number of nitro groups is 1. The molecule has 0 saturated heterocycles. The molecule has 0 fully saturated rings. The van der Waals surface area contributed by atoms with Crippen LogP contribution >= 0.6 is 11.6 Å². The number of rotatable bonds is 5. The van der Waals surface area contributed by atoms with Crippen LogP contribution in [0.2, 0.25) is 5.02 Å². The Kier molecular flexibility index (Phi) is 4.63. The van der Waals surface area contributed by atoms with Crippen molar-refractivity contribution in [2.45, 2.75) is 4.90 Å². The first kappa shape index (κ1) is 14.8. The first-order valence-corrected chi connectivity index (χ1v) is 6.73. The Labute approximate surface area is 109 Å². The summed E-state index contributed by atoms with van der Waals surface area (Å²) in [6.07, 6.45) is 0. The Balaban J connectivity index is 3.31. The van der Waals surface area contributed by atoms with Gasteiger partial charge in [0.1, 0.15) is 4.90 Å². The Morgan fingerprint density at radius 1 is 1.50 bits per heavy atom.